The summed E-state index contributed by atoms with van der Waals surface area (Å²) in [5.41, 5.74) is 1.86. The van der Waals surface area contributed by atoms with Gasteiger partial charge in [0, 0.05) is 5.41 Å². The molecule has 0 heterocycles. The molecule has 1 aromatic carbocycles. The van der Waals surface area contributed by atoms with E-state index in [9.17, 15) is 0 Å². The minimum atomic E-state index is 0.161. The van der Waals surface area contributed by atoms with Gasteiger partial charge in [-0.05, 0) is 24.3 Å². The molecule has 0 spiro atoms. The Labute approximate surface area is 114 Å². The Morgan fingerprint density at radius 2 is 1.75 bits per heavy atom. The second-order valence-electron chi connectivity index (χ2n) is 5.11. The summed E-state index contributed by atoms with van der Waals surface area (Å²) >= 11 is 7.85. The Morgan fingerprint density at radius 1 is 1.00 bits per heavy atom. The molecule has 3 rings (SSSR count). The van der Waals surface area contributed by atoms with E-state index in [2.05, 4.69) is 62.2 Å². The van der Waals surface area contributed by atoms with Crippen LogP contribution in [-0.4, -0.2) is 3.23 Å². The van der Waals surface area contributed by atoms with Gasteiger partial charge in [0.05, 0.1) is 3.23 Å². The minimum absolute atomic E-state index is 0.161. The highest BCUT2D eigenvalue weighted by atomic mass is 79.9. The van der Waals surface area contributed by atoms with Gasteiger partial charge in [0.1, 0.15) is 0 Å². The van der Waals surface area contributed by atoms with Crippen molar-refractivity contribution in [2.24, 2.45) is 5.92 Å². The number of rotatable bonds is 1. The molecule has 2 atom stereocenters. The van der Waals surface area contributed by atoms with Crippen molar-refractivity contribution in [1.82, 2.24) is 0 Å². The molecule has 2 aliphatic rings. The molecule has 0 amide bonds. The number of alkyl halides is 2. The maximum atomic E-state index is 3.92. The first kappa shape index (κ1) is 11.3. The lowest BCUT2D eigenvalue weighted by molar-refractivity contribution is 0.562. The predicted octanol–water partition coefficient (Wildman–Crippen LogP) is 5.00. The number of hydrogen-bond donors (Lipinski definition) is 0. The summed E-state index contributed by atoms with van der Waals surface area (Å²) in [6, 6.07) is 11.0. The zero-order valence-electron chi connectivity index (χ0n) is 9.26. The van der Waals surface area contributed by atoms with Crippen LogP contribution in [0.25, 0.3) is 0 Å². The zero-order chi connectivity index (χ0) is 11.2. The second-order valence-corrected chi connectivity index (χ2v) is 8.68. The van der Waals surface area contributed by atoms with Crippen molar-refractivity contribution < 1.29 is 0 Å². The van der Waals surface area contributed by atoms with Gasteiger partial charge in [0.25, 0.3) is 0 Å². The topological polar surface area (TPSA) is 0 Å². The first-order valence-electron chi connectivity index (χ1n) is 6.13. The molecule has 0 unspecified atom stereocenters. The lowest BCUT2D eigenvalue weighted by atomic mass is 9.89. The molecule has 0 aromatic heterocycles. The van der Waals surface area contributed by atoms with Gasteiger partial charge in [-0.15, -0.1) is 0 Å². The van der Waals surface area contributed by atoms with E-state index in [1.807, 2.05) is 0 Å². The van der Waals surface area contributed by atoms with E-state index < -0.39 is 0 Å². The molecular formula is C14H16Br2. The fourth-order valence-corrected chi connectivity index (χ4v) is 5.92. The first-order valence-corrected chi connectivity index (χ1v) is 7.71. The summed E-state index contributed by atoms with van der Waals surface area (Å²) in [6.07, 6.45) is 6.83. The average Bonchev–Trinajstić information content (AvgIpc) is 2.87. The van der Waals surface area contributed by atoms with Crippen molar-refractivity contribution in [3.63, 3.8) is 0 Å². The molecule has 0 radical (unpaired) electrons. The van der Waals surface area contributed by atoms with Gasteiger partial charge in [-0.1, -0.05) is 81.5 Å². The van der Waals surface area contributed by atoms with Crippen LogP contribution in [0.3, 0.4) is 0 Å². The maximum Gasteiger partial charge on any atom is 0.0942 e. The molecule has 2 saturated carbocycles. The Kier molecular flexibility index (Phi) is 2.71. The lowest BCUT2D eigenvalue weighted by Gasteiger charge is -2.18. The summed E-state index contributed by atoms with van der Waals surface area (Å²) in [6.45, 7) is 0. The Balaban J connectivity index is 2.03. The SMILES string of the molecule is BrC1(Br)[C@@H]2CCCCC[C@]21c1ccccc1. The van der Waals surface area contributed by atoms with Crippen LogP contribution in [-0.2, 0) is 5.41 Å². The molecule has 0 nitrogen and oxygen atoms in total. The molecule has 2 fully saturated rings. The normalized spacial score (nSPS) is 36.2. The molecule has 1 aromatic rings. The number of hydrogen-bond acceptors (Lipinski definition) is 0. The highest BCUT2D eigenvalue weighted by Gasteiger charge is 2.74. The van der Waals surface area contributed by atoms with E-state index in [0.29, 0.717) is 5.41 Å². The van der Waals surface area contributed by atoms with Crippen LogP contribution in [0.15, 0.2) is 30.3 Å². The predicted molar refractivity (Wildman–Crippen MR) is 75.3 cm³/mol. The quantitative estimate of drug-likeness (QED) is 0.629. The number of benzene rings is 1. The van der Waals surface area contributed by atoms with Crippen molar-refractivity contribution in [1.29, 1.82) is 0 Å². The molecule has 0 saturated heterocycles. The summed E-state index contributed by atoms with van der Waals surface area (Å²) < 4.78 is 0.161. The third-order valence-electron chi connectivity index (χ3n) is 4.40. The van der Waals surface area contributed by atoms with Crippen LogP contribution in [0.5, 0.6) is 0 Å². The average molecular weight is 344 g/mol. The summed E-state index contributed by atoms with van der Waals surface area (Å²) in [5.74, 6) is 0.768. The van der Waals surface area contributed by atoms with Gasteiger partial charge < -0.3 is 0 Å². The molecule has 0 aliphatic heterocycles. The molecule has 0 N–H and O–H groups in total. The minimum Gasteiger partial charge on any atom is -0.0714 e. The fourth-order valence-electron chi connectivity index (χ4n) is 3.50. The third-order valence-corrected chi connectivity index (χ3v) is 6.92. The zero-order valence-corrected chi connectivity index (χ0v) is 12.4. The molecular weight excluding hydrogens is 328 g/mol. The summed E-state index contributed by atoms with van der Waals surface area (Å²) in [5, 5.41) is 0. The van der Waals surface area contributed by atoms with E-state index in [0.717, 1.165) is 5.92 Å². The van der Waals surface area contributed by atoms with Gasteiger partial charge in [-0.25, -0.2) is 0 Å². The Bertz CT molecular complexity index is 385. The molecule has 86 valence electrons. The second kappa shape index (κ2) is 3.84. The van der Waals surface area contributed by atoms with Gasteiger partial charge in [-0.3, -0.25) is 0 Å². The highest BCUT2D eigenvalue weighted by molar-refractivity contribution is 9.25. The summed E-state index contributed by atoms with van der Waals surface area (Å²) in [4.78, 5) is 0. The van der Waals surface area contributed by atoms with Gasteiger partial charge >= 0.3 is 0 Å². The largest absolute Gasteiger partial charge is 0.0942 e. The number of fused-ring (bicyclic) bond motifs is 1. The molecule has 2 aliphatic carbocycles. The smallest absolute Gasteiger partial charge is 0.0714 e. The number of halogens is 2. The van der Waals surface area contributed by atoms with Crippen LogP contribution in [0.4, 0.5) is 0 Å². The third kappa shape index (κ3) is 1.38. The Hall–Kier alpha value is 0.180. The van der Waals surface area contributed by atoms with E-state index in [-0.39, 0.29) is 3.23 Å². The standard InChI is InChI=1S/C14H16Br2/c15-14(16)12-9-5-2-6-10-13(12,14)11-7-3-1-4-8-11/h1,3-4,7-8,12H,2,5-6,9-10H2/t12-,13+/m1/s1. The van der Waals surface area contributed by atoms with Gasteiger partial charge in [0.15, 0.2) is 0 Å². The van der Waals surface area contributed by atoms with Crippen LogP contribution in [0.1, 0.15) is 37.7 Å². The van der Waals surface area contributed by atoms with Crippen molar-refractivity contribution in [3.8, 4) is 0 Å². The van der Waals surface area contributed by atoms with Crippen LogP contribution in [0.2, 0.25) is 0 Å². The van der Waals surface area contributed by atoms with E-state index in [4.69, 9.17) is 0 Å². The maximum absolute atomic E-state index is 3.92. The molecule has 16 heavy (non-hydrogen) atoms. The molecule has 2 heteroatoms. The van der Waals surface area contributed by atoms with E-state index in [1.54, 1.807) is 0 Å². The van der Waals surface area contributed by atoms with E-state index >= 15 is 0 Å². The van der Waals surface area contributed by atoms with Gasteiger partial charge in [-0.2, -0.15) is 0 Å². The van der Waals surface area contributed by atoms with Crippen LogP contribution >= 0.6 is 31.9 Å². The lowest BCUT2D eigenvalue weighted by Crippen LogP contribution is -2.14. The fraction of sp³-hybridized carbons (Fsp3) is 0.571. The van der Waals surface area contributed by atoms with Crippen LogP contribution in [0, 0.1) is 5.92 Å². The monoisotopic (exact) mass is 342 g/mol. The Morgan fingerprint density at radius 3 is 2.50 bits per heavy atom. The van der Waals surface area contributed by atoms with Crippen molar-refractivity contribution in [2.75, 3.05) is 0 Å². The molecule has 0 bridgehead atoms. The van der Waals surface area contributed by atoms with E-state index in [1.165, 1.54) is 37.7 Å². The van der Waals surface area contributed by atoms with Gasteiger partial charge in [0.2, 0.25) is 0 Å². The first-order chi connectivity index (χ1) is 7.69. The summed E-state index contributed by atoms with van der Waals surface area (Å²) in [7, 11) is 0. The van der Waals surface area contributed by atoms with Crippen molar-refractivity contribution >= 4 is 31.9 Å². The van der Waals surface area contributed by atoms with Crippen molar-refractivity contribution in [3.05, 3.63) is 35.9 Å². The van der Waals surface area contributed by atoms with Crippen molar-refractivity contribution in [2.45, 2.75) is 40.8 Å². The highest BCUT2D eigenvalue weighted by Crippen LogP contribution is 2.75. The van der Waals surface area contributed by atoms with Crippen LogP contribution < -0.4 is 0 Å².